The average Bonchev–Trinajstić information content (AvgIpc) is 2.43. The van der Waals surface area contributed by atoms with Gasteiger partial charge in [-0.15, -0.1) is 0 Å². The lowest BCUT2D eigenvalue weighted by molar-refractivity contribution is -0.137. The Kier molecular flexibility index (Phi) is 7.46. The fourth-order valence-electron chi connectivity index (χ4n) is 2.02. The van der Waals surface area contributed by atoms with E-state index in [2.05, 4.69) is 10.6 Å². The van der Waals surface area contributed by atoms with Crippen LogP contribution in [0.4, 0.5) is 0 Å². The summed E-state index contributed by atoms with van der Waals surface area (Å²) in [5, 5.41) is 14.9. The molecule has 0 bridgehead atoms. The number of carbonyl (C=O) groups excluding carboxylic acids is 1. The highest BCUT2D eigenvalue weighted by molar-refractivity contribution is 5.76. The molecule has 1 rings (SSSR count). The SMILES string of the molecule is CC(C)NCCC(=O)NC(CCC(=O)O)c1ccccc1. The Morgan fingerprint density at radius 1 is 1.14 bits per heavy atom. The van der Waals surface area contributed by atoms with Gasteiger partial charge in [-0.1, -0.05) is 44.2 Å². The summed E-state index contributed by atoms with van der Waals surface area (Å²) in [6.07, 6.45) is 0.807. The van der Waals surface area contributed by atoms with Gasteiger partial charge in [0.05, 0.1) is 6.04 Å². The van der Waals surface area contributed by atoms with Gasteiger partial charge in [-0.2, -0.15) is 0 Å². The first-order valence-electron chi connectivity index (χ1n) is 7.28. The van der Waals surface area contributed by atoms with Gasteiger partial charge in [0.25, 0.3) is 0 Å². The van der Waals surface area contributed by atoms with Crippen molar-refractivity contribution >= 4 is 11.9 Å². The van der Waals surface area contributed by atoms with Crippen LogP contribution < -0.4 is 10.6 Å². The fraction of sp³-hybridized carbons (Fsp3) is 0.500. The van der Waals surface area contributed by atoms with Gasteiger partial charge in [0.2, 0.25) is 5.91 Å². The molecule has 5 heteroatoms. The normalized spacial score (nSPS) is 12.1. The van der Waals surface area contributed by atoms with Crippen LogP contribution in [-0.4, -0.2) is 29.6 Å². The van der Waals surface area contributed by atoms with E-state index in [0.717, 1.165) is 5.56 Å². The zero-order valence-corrected chi connectivity index (χ0v) is 12.6. The third-order valence-corrected chi connectivity index (χ3v) is 3.09. The van der Waals surface area contributed by atoms with Crippen molar-refractivity contribution in [3.05, 3.63) is 35.9 Å². The lowest BCUT2D eigenvalue weighted by atomic mass is 10.0. The molecule has 0 aliphatic rings. The van der Waals surface area contributed by atoms with Crippen LogP contribution in [-0.2, 0) is 9.59 Å². The van der Waals surface area contributed by atoms with E-state index in [0.29, 0.717) is 25.4 Å². The Morgan fingerprint density at radius 2 is 1.81 bits per heavy atom. The van der Waals surface area contributed by atoms with E-state index < -0.39 is 5.97 Å². The molecular formula is C16H24N2O3. The van der Waals surface area contributed by atoms with Gasteiger partial charge in [0.1, 0.15) is 0 Å². The molecular weight excluding hydrogens is 268 g/mol. The van der Waals surface area contributed by atoms with E-state index in [1.54, 1.807) is 0 Å². The van der Waals surface area contributed by atoms with E-state index in [9.17, 15) is 9.59 Å². The van der Waals surface area contributed by atoms with E-state index in [1.807, 2.05) is 44.2 Å². The molecule has 0 saturated carbocycles. The Labute approximate surface area is 125 Å². The molecule has 0 fully saturated rings. The van der Waals surface area contributed by atoms with Crippen LogP contribution in [0.25, 0.3) is 0 Å². The van der Waals surface area contributed by atoms with E-state index in [-0.39, 0.29) is 18.4 Å². The number of hydrogen-bond acceptors (Lipinski definition) is 3. The first-order valence-corrected chi connectivity index (χ1v) is 7.28. The quantitative estimate of drug-likeness (QED) is 0.651. The van der Waals surface area contributed by atoms with E-state index >= 15 is 0 Å². The summed E-state index contributed by atoms with van der Waals surface area (Å²) < 4.78 is 0. The molecule has 1 amide bonds. The molecule has 3 N–H and O–H groups in total. The van der Waals surface area contributed by atoms with E-state index in [1.165, 1.54) is 0 Å². The first kappa shape index (κ1) is 17.2. The molecule has 5 nitrogen and oxygen atoms in total. The smallest absolute Gasteiger partial charge is 0.303 e. The molecule has 0 aliphatic heterocycles. The Hall–Kier alpha value is -1.88. The second kappa shape index (κ2) is 9.13. The Morgan fingerprint density at radius 3 is 2.38 bits per heavy atom. The predicted molar refractivity (Wildman–Crippen MR) is 82.0 cm³/mol. The molecule has 0 radical (unpaired) electrons. The number of nitrogens with one attached hydrogen (secondary N) is 2. The molecule has 21 heavy (non-hydrogen) atoms. The highest BCUT2D eigenvalue weighted by Gasteiger charge is 2.15. The maximum atomic E-state index is 12.0. The molecule has 1 aromatic rings. The van der Waals surface area contributed by atoms with Crippen LogP contribution in [0, 0.1) is 0 Å². The minimum absolute atomic E-state index is 0.0318. The third-order valence-electron chi connectivity index (χ3n) is 3.09. The monoisotopic (exact) mass is 292 g/mol. The lowest BCUT2D eigenvalue weighted by Crippen LogP contribution is -2.33. The van der Waals surface area contributed by atoms with Crippen LogP contribution in [0.3, 0.4) is 0 Å². The molecule has 0 spiro atoms. The minimum atomic E-state index is -0.855. The second-order valence-electron chi connectivity index (χ2n) is 5.32. The highest BCUT2D eigenvalue weighted by atomic mass is 16.4. The number of carboxylic acid groups (broad SMARTS) is 1. The average molecular weight is 292 g/mol. The largest absolute Gasteiger partial charge is 0.481 e. The van der Waals surface area contributed by atoms with Gasteiger partial charge < -0.3 is 15.7 Å². The summed E-state index contributed by atoms with van der Waals surface area (Å²) in [7, 11) is 0. The molecule has 116 valence electrons. The van der Waals surface area contributed by atoms with Crippen molar-refractivity contribution in [1.29, 1.82) is 0 Å². The number of hydrogen-bond donors (Lipinski definition) is 3. The number of benzene rings is 1. The summed E-state index contributed by atoms with van der Waals surface area (Å²) in [5.41, 5.74) is 0.934. The number of aliphatic carboxylic acids is 1. The van der Waals surface area contributed by atoms with Gasteiger partial charge in [0, 0.05) is 25.4 Å². The lowest BCUT2D eigenvalue weighted by Gasteiger charge is -2.19. The van der Waals surface area contributed by atoms with Crippen molar-refractivity contribution in [2.75, 3.05) is 6.54 Å². The fourth-order valence-corrected chi connectivity index (χ4v) is 2.02. The maximum absolute atomic E-state index is 12.0. The number of amides is 1. The van der Waals surface area contributed by atoms with Crippen LogP contribution >= 0.6 is 0 Å². The predicted octanol–water partition coefficient (Wildman–Crippen LogP) is 2.10. The summed E-state index contributed by atoms with van der Waals surface area (Å²) >= 11 is 0. The molecule has 0 aliphatic carbocycles. The standard InChI is InChI=1S/C16H24N2O3/c1-12(2)17-11-10-15(19)18-14(8-9-16(20)21)13-6-4-3-5-7-13/h3-7,12,14,17H,8-11H2,1-2H3,(H,18,19)(H,20,21). The topological polar surface area (TPSA) is 78.4 Å². The Balaban J connectivity index is 2.56. The van der Waals surface area contributed by atoms with Gasteiger partial charge >= 0.3 is 5.97 Å². The molecule has 1 unspecified atom stereocenters. The zero-order chi connectivity index (χ0) is 15.7. The van der Waals surface area contributed by atoms with Gasteiger partial charge in [-0.3, -0.25) is 9.59 Å². The first-order chi connectivity index (χ1) is 9.99. The van der Waals surface area contributed by atoms with Crippen molar-refractivity contribution in [3.8, 4) is 0 Å². The van der Waals surface area contributed by atoms with Crippen molar-refractivity contribution in [2.24, 2.45) is 0 Å². The molecule has 0 heterocycles. The van der Waals surface area contributed by atoms with Gasteiger partial charge in [-0.05, 0) is 12.0 Å². The second-order valence-corrected chi connectivity index (χ2v) is 5.32. The number of carboxylic acids is 1. The third kappa shape index (κ3) is 7.46. The summed E-state index contributed by atoms with van der Waals surface area (Å²) in [5.74, 6) is -0.922. The van der Waals surface area contributed by atoms with Crippen LogP contribution in [0.5, 0.6) is 0 Å². The Bertz CT molecular complexity index is 446. The van der Waals surface area contributed by atoms with E-state index in [4.69, 9.17) is 5.11 Å². The van der Waals surface area contributed by atoms with Crippen molar-refractivity contribution in [3.63, 3.8) is 0 Å². The highest BCUT2D eigenvalue weighted by Crippen LogP contribution is 2.18. The van der Waals surface area contributed by atoms with Crippen LogP contribution in [0.15, 0.2) is 30.3 Å². The summed E-state index contributed by atoms with van der Waals surface area (Å²) in [4.78, 5) is 22.7. The maximum Gasteiger partial charge on any atom is 0.303 e. The zero-order valence-electron chi connectivity index (χ0n) is 12.6. The summed E-state index contributed by atoms with van der Waals surface area (Å²) in [6.45, 7) is 4.67. The molecule has 0 aromatic heterocycles. The van der Waals surface area contributed by atoms with Crippen molar-refractivity contribution in [1.82, 2.24) is 10.6 Å². The minimum Gasteiger partial charge on any atom is -0.481 e. The van der Waals surface area contributed by atoms with Crippen LogP contribution in [0.2, 0.25) is 0 Å². The summed E-state index contributed by atoms with van der Waals surface area (Å²) in [6, 6.07) is 9.55. The molecule has 1 aromatic carbocycles. The molecule has 0 saturated heterocycles. The van der Waals surface area contributed by atoms with Crippen molar-refractivity contribution in [2.45, 2.75) is 45.2 Å². The number of carbonyl (C=O) groups is 2. The number of rotatable bonds is 9. The van der Waals surface area contributed by atoms with Crippen LogP contribution in [0.1, 0.15) is 44.7 Å². The van der Waals surface area contributed by atoms with Crippen molar-refractivity contribution < 1.29 is 14.7 Å². The molecule has 1 atom stereocenters. The van der Waals surface area contributed by atoms with Gasteiger partial charge in [-0.25, -0.2) is 0 Å². The van der Waals surface area contributed by atoms with Gasteiger partial charge in [0.15, 0.2) is 0 Å².